The van der Waals surface area contributed by atoms with Gasteiger partial charge in [0.1, 0.15) is 11.2 Å². The Kier molecular flexibility index (Phi) is 5.78. The van der Waals surface area contributed by atoms with Crippen LogP contribution in [0.2, 0.25) is 0 Å². The molecule has 0 amide bonds. The minimum Gasteiger partial charge on any atom is -0.465 e. The Balaban J connectivity index is 1.37. The van der Waals surface area contributed by atoms with Gasteiger partial charge in [-0.2, -0.15) is 0 Å². The Morgan fingerprint density at radius 2 is 1.42 bits per heavy atom. The third-order valence-corrected chi connectivity index (χ3v) is 8.05. The summed E-state index contributed by atoms with van der Waals surface area (Å²) in [6.07, 6.45) is 9.80. The van der Waals surface area contributed by atoms with Crippen LogP contribution in [0.15, 0.2) is 23.3 Å². The molecular formula is C25H34O6. The highest BCUT2D eigenvalue weighted by atomic mass is 16.6. The van der Waals surface area contributed by atoms with Crippen LogP contribution in [-0.2, 0) is 28.6 Å². The number of hydrogen-bond acceptors (Lipinski definition) is 6. The van der Waals surface area contributed by atoms with Crippen molar-refractivity contribution in [2.75, 3.05) is 6.61 Å². The summed E-state index contributed by atoms with van der Waals surface area (Å²) in [6.45, 7) is 7.47. The predicted octanol–water partition coefficient (Wildman–Crippen LogP) is 4.28. The van der Waals surface area contributed by atoms with E-state index in [2.05, 4.69) is 6.92 Å². The molecule has 1 unspecified atom stereocenters. The van der Waals surface area contributed by atoms with Gasteiger partial charge in [0.25, 0.3) is 0 Å². The Hall–Kier alpha value is -2.11. The second-order valence-electron chi connectivity index (χ2n) is 10.6. The van der Waals surface area contributed by atoms with Gasteiger partial charge in [-0.25, -0.2) is 9.59 Å². The van der Waals surface area contributed by atoms with E-state index in [1.165, 1.54) is 32.1 Å². The zero-order valence-electron chi connectivity index (χ0n) is 19.1. The molecule has 31 heavy (non-hydrogen) atoms. The summed E-state index contributed by atoms with van der Waals surface area (Å²) >= 11 is 0. The minimum absolute atomic E-state index is 0.0514. The molecule has 1 aliphatic heterocycles. The highest BCUT2D eigenvalue weighted by Crippen LogP contribution is 2.59. The number of carbonyl (C=O) groups excluding carboxylic acids is 3. The number of hydrogen-bond donors (Lipinski definition) is 0. The van der Waals surface area contributed by atoms with Gasteiger partial charge in [0.05, 0.1) is 13.0 Å². The van der Waals surface area contributed by atoms with Crippen LogP contribution < -0.4 is 0 Å². The third kappa shape index (κ3) is 4.44. The lowest BCUT2D eigenvalue weighted by atomic mass is 9.50. The lowest BCUT2D eigenvalue weighted by Gasteiger charge is -2.59. The van der Waals surface area contributed by atoms with Crippen LogP contribution in [0.1, 0.15) is 72.6 Å². The predicted molar refractivity (Wildman–Crippen MR) is 114 cm³/mol. The van der Waals surface area contributed by atoms with Gasteiger partial charge in [0, 0.05) is 17.6 Å². The molecule has 5 fully saturated rings. The topological polar surface area (TPSA) is 78.9 Å². The molecule has 0 radical (unpaired) electrons. The van der Waals surface area contributed by atoms with E-state index in [1.54, 1.807) is 32.9 Å². The Morgan fingerprint density at radius 3 is 1.94 bits per heavy atom. The van der Waals surface area contributed by atoms with Crippen molar-refractivity contribution < 1.29 is 28.6 Å². The van der Waals surface area contributed by atoms with Gasteiger partial charge in [0.15, 0.2) is 0 Å². The van der Waals surface area contributed by atoms with Gasteiger partial charge in [-0.3, -0.25) is 4.79 Å². The molecule has 5 rings (SSSR count). The van der Waals surface area contributed by atoms with E-state index in [4.69, 9.17) is 14.2 Å². The second kappa shape index (κ2) is 8.10. The minimum atomic E-state index is -0.854. The molecule has 0 aromatic heterocycles. The van der Waals surface area contributed by atoms with Crippen molar-refractivity contribution in [1.29, 1.82) is 0 Å². The maximum absolute atomic E-state index is 12.8. The smallest absolute Gasteiger partial charge is 0.334 e. The summed E-state index contributed by atoms with van der Waals surface area (Å²) < 4.78 is 16.6. The molecule has 0 aromatic carbocycles. The van der Waals surface area contributed by atoms with Crippen LogP contribution in [0.5, 0.6) is 0 Å². The number of esters is 3. The average molecular weight is 431 g/mol. The fourth-order valence-corrected chi connectivity index (χ4v) is 6.17. The van der Waals surface area contributed by atoms with Crippen molar-refractivity contribution in [1.82, 2.24) is 0 Å². The van der Waals surface area contributed by atoms with Crippen LogP contribution in [0.3, 0.4) is 0 Å². The number of allylic oxidation sites excluding steroid dienone is 2. The summed E-state index contributed by atoms with van der Waals surface area (Å²) in [5.41, 5.74) is -0.392. The molecule has 0 aromatic rings. The second-order valence-corrected chi connectivity index (χ2v) is 10.6. The van der Waals surface area contributed by atoms with Gasteiger partial charge in [-0.1, -0.05) is 12.2 Å². The number of ether oxygens (including phenoxy) is 3. The van der Waals surface area contributed by atoms with Crippen LogP contribution in [0, 0.1) is 23.7 Å². The first-order valence-corrected chi connectivity index (χ1v) is 11.6. The van der Waals surface area contributed by atoms with E-state index < -0.39 is 11.6 Å². The van der Waals surface area contributed by atoms with E-state index in [1.807, 2.05) is 0 Å². The van der Waals surface area contributed by atoms with E-state index in [0.29, 0.717) is 29.4 Å². The van der Waals surface area contributed by atoms with Gasteiger partial charge in [0.2, 0.25) is 0 Å². The van der Waals surface area contributed by atoms with Crippen molar-refractivity contribution in [3.05, 3.63) is 23.3 Å². The quantitative estimate of drug-likeness (QED) is 0.280. The molecule has 5 aliphatic rings. The summed E-state index contributed by atoms with van der Waals surface area (Å²) in [5.74, 6) is 1.40. The molecule has 0 N–H and O–H groups in total. The summed E-state index contributed by atoms with van der Waals surface area (Å²) in [6, 6.07) is 0. The highest BCUT2D eigenvalue weighted by Gasteiger charge is 2.57. The van der Waals surface area contributed by atoms with Crippen molar-refractivity contribution >= 4 is 17.9 Å². The third-order valence-electron chi connectivity index (χ3n) is 8.05. The summed E-state index contributed by atoms with van der Waals surface area (Å²) in [5, 5.41) is 0. The number of carbonyl (C=O) groups is 3. The van der Waals surface area contributed by atoms with E-state index >= 15 is 0 Å². The standard InChI is InChI=1S/C25H34O6/c1-15(22(27)30-24(3)7-8-29-21(26)14-24)5-6-16(2)23(28)31-25(4)19-10-17-9-18(12-19)13-20(25)11-17/h5-6,17-20H,7-14H2,1-4H3. The molecule has 1 saturated heterocycles. The highest BCUT2D eigenvalue weighted by molar-refractivity contribution is 5.91. The van der Waals surface area contributed by atoms with E-state index in [-0.39, 0.29) is 30.6 Å². The maximum Gasteiger partial charge on any atom is 0.334 e. The summed E-state index contributed by atoms with van der Waals surface area (Å²) in [4.78, 5) is 36.8. The molecule has 1 heterocycles. The van der Waals surface area contributed by atoms with Crippen molar-refractivity contribution in [3.8, 4) is 0 Å². The van der Waals surface area contributed by atoms with Crippen molar-refractivity contribution in [2.45, 2.75) is 83.8 Å². The van der Waals surface area contributed by atoms with Crippen molar-refractivity contribution in [3.63, 3.8) is 0 Å². The normalized spacial score (nSPS) is 39.8. The van der Waals surface area contributed by atoms with Gasteiger partial charge in [-0.15, -0.1) is 0 Å². The van der Waals surface area contributed by atoms with Gasteiger partial charge >= 0.3 is 17.9 Å². The van der Waals surface area contributed by atoms with Gasteiger partial charge in [-0.05, 0) is 83.5 Å². The Bertz CT molecular complexity index is 809. The van der Waals surface area contributed by atoms with Crippen molar-refractivity contribution in [2.24, 2.45) is 23.7 Å². The fourth-order valence-electron chi connectivity index (χ4n) is 6.17. The van der Waals surface area contributed by atoms with Crippen LogP contribution in [-0.4, -0.2) is 35.7 Å². The molecule has 4 saturated carbocycles. The Labute approximate surface area is 184 Å². The lowest BCUT2D eigenvalue weighted by molar-refractivity contribution is -0.199. The molecule has 1 atom stereocenters. The molecule has 0 spiro atoms. The SMILES string of the molecule is CC(=CC=C(C)C(=O)OC1(C)C2CC3CC(C2)CC1C3)C(=O)OC1(C)CCOC(=O)C1. The first-order chi connectivity index (χ1) is 14.6. The zero-order valence-corrected chi connectivity index (χ0v) is 19.1. The fraction of sp³-hybridized carbons (Fsp3) is 0.720. The largest absolute Gasteiger partial charge is 0.465 e. The monoisotopic (exact) mass is 430 g/mol. The molecule has 6 nitrogen and oxygen atoms in total. The number of cyclic esters (lactones) is 1. The molecule has 170 valence electrons. The average Bonchev–Trinajstić information content (AvgIpc) is 2.69. The van der Waals surface area contributed by atoms with Gasteiger partial charge < -0.3 is 14.2 Å². The van der Waals surface area contributed by atoms with E-state index in [9.17, 15) is 14.4 Å². The van der Waals surface area contributed by atoms with Crippen LogP contribution in [0.4, 0.5) is 0 Å². The maximum atomic E-state index is 12.8. The molecule has 6 heteroatoms. The summed E-state index contributed by atoms with van der Waals surface area (Å²) in [7, 11) is 0. The van der Waals surface area contributed by atoms with E-state index in [0.717, 1.165) is 11.8 Å². The first kappa shape index (κ1) is 22.1. The van der Waals surface area contributed by atoms with Crippen LogP contribution in [0.25, 0.3) is 0 Å². The zero-order chi connectivity index (χ0) is 22.4. The number of rotatable bonds is 5. The lowest BCUT2D eigenvalue weighted by Crippen LogP contribution is -2.58. The Morgan fingerprint density at radius 1 is 0.903 bits per heavy atom. The molecular weight excluding hydrogens is 396 g/mol. The first-order valence-electron chi connectivity index (χ1n) is 11.6. The molecule has 4 aliphatic carbocycles. The molecule has 4 bridgehead atoms. The van der Waals surface area contributed by atoms with Crippen LogP contribution >= 0.6 is 0 Å².